The molecule has 2 amide bonds. The van der Waals surface area contributed by atoms with Crippen LogP contribution in [0.25, 0.3) is 0 Å². The van der Waals surface area contributed by atoms with Gasteiger partial charge < -0.3 is 15.9 Å². The van der Waals surface area contributed by atoms with Crippen LogP contribution in [0.4, 0.5) is 4.79 Å². The molecule has 0 saturated carbocycles. The third-order valence-corrected chi connectivity index (χ3v) is 3.68. The summed E-state index contributed by atoms with van der Waals surface area (Å²) in [5, 5.41) is 7.16. The Hall–Kier alpha value is -3.39. The molecule has 2 rings (SSSR count). The standard InChI is InChI=1S/C20H24N4O4/c1-2-27-19(25)13-22-20(26)24(28-15-18-6-4-3-5-7-18)14-17-10-8-16(9-11-17)12-23-21/h3-12H,2,13-15,21H2,1H3,(H,22,26). The Labute approximate surface area is 163 Å². The van der Waals surface area contributed by atoms with Gasteiger partial charge in [0, 0.05) is 0 Å². The Morgan fingerprint density at radius 2 is 1.82 bits per heavy atom. The molecule has 0 bridgehead atoms. The first-order chi connectivity index (χ1) is 13.6. The molecular formula is C20H24N4O4. The van der Waals surface area contributed by atoms with E-state index in [4.69, 9.17) is 15.4 Å². The summed E-state index contributed by atoms with van der Waals surface area (Å²) in [6.07, 6.45) is 1.53. The van der Waals surface area contributed by atoms with Crippen molar-refractivity contribution in [2.24, 2.45) is 10.9 Å². The lowest BCUT2D eigenvalue weighted by Crippen LogP contribution is -2.42. The number of nitrogens with zero attached hydrogens (tertiary/aromatic N) is 2. The van der Waals surface area contributed by atoms with Crippen LogP contribution in [0, 0.1) is 0 Å². The molecule has 148 valence electrons. The minimum atomic E-state index is -0.531. The molecule has 8 nitrogen and oxygen atoms in total. The molecule has 0 aliphatic rings. The maximum Gasteiger partial charge on any atom is 0.342 e. The van der Waals surface area contributed by atoms with Gasteiger partial charge in [0.2, 0.25) is 0 Å². The van der Waals surface area contributed by atoms with Crippen molar-refractivity contribution in [2.75, 3.05) is 13.2 Å². The highest BCUT2D eigenvalue weighted by molar-refractivity contribution is 5.80. The first kappa shape index (κ1) is 20.9. The van der Waals surface area contributed by atoms with E-state index in [1.165, 1.54) is 11.3 Å². The van der Waals surface area contributed by atoms with Gasteiger partial charge in [-0.2, -0.15) is 10.2 Å². The van der Waals surface area contributed by atoms with E-state index in [1.54, 1.807) is 6.92 Å². The second-order valence-corrected chi connectivity index (χ2v) is 5.78. The maximum atomic E-state index is 12.5. The zero-order chi connectivity index (χ0) is 20.2. The van der Waals surface area contributed by atoms with Gasteiger partial charge in [0.05, 0.1) is 19.4 Å². The first-order valence-corrected chi connectivity index (χ1v) is 8.82. The number of hydrazone groups is 1. The average molecular weight is 384 g/mol. The molecule has 2 aromatic carbocycles. The van der Waals surface area contributed by atoms with Gasteiger partial charge in [0.15, 0.2) is 0 Å². The zero-order valence-electron chi connectivity index (χ0n) is 15.7. The second-order valence-electron chi connectivity index (χ2n) is 5.78. The number of nitrogens with two attached hydrogens (primary N) is 1. The maximum absolute atomic E-state index is 12.5. The van der Waals surface area contributed by atoms with E-state index >= 15 is 0 Å². The Kier molecular flexibility index (Phi) is 8.48. The normalized spacial score (nSPS) is 10.6. The van der Waals surface area contributed by atoms with Crippen molar-refractivity contribution in [3.05, 3.63) is 71.3 Å². The van der Waals surface area contributed by atoms with Crippen LogP contribution in [0.2, 0.25) is 0 Å². The molecule has 0 heterocycles. The zero-order valence-corrected chi connectivity index (χ0v) is 15.7. The smallest absolute Gasteiger partial charge is 0.342 e. The highest BCUT2D eigenvalue weighted by Crippen LogP contribution is 2.10. The monoisotopic (exact) mass is 384 g/mol. The number of ether oxygens (including phenoxy) is 1. The molecule has 28 heavy (non-hydrogen) atoms. The van der Waals surface area contributed by atoms with Crippen LogP contribution in [0.5, 0.6) is 0 Å². The molecular weight excluding hydrogens is 360 g/mol. The summed E-state index contributed by atoms with van der Waals surface area (Å²) in [5.41, 5.74) is 2.60. The van der Waals surface area contributed by atoms with Gasteiger partial charge in [-0.3, -0.25) is 9.63 Å². The van der Waals surface area contributed by atoms with Crippen molar-refractivity contribution in [2.45, 2.75) is 20.1 Å². The lowest BCUT2D eigenvalue weighted by Gasteiger charge is -2.22. The average Bonchev–Trinajstić information content (AvgIpc) is 2.72. The third kappa shape index (κ3) is 7.08. The minimum Gasteiger partial charge on any atom is -0.465 e. The van der Waals surface area contributed by atoms with Crippen LogP contribution in [-0.4, -0.2) is 36.4 Å². The summed E-state index contributed by atoms with van der Waals surface area (Å²) in [6, 6.07) is 16.3. The quantitative estimate of drug-likeness (QED) is 0.298. The molecule has 0 saturated heterocycles. The summed E-state index contributed by atoms with van der Waals surface area (Å²) in [5.74, 6) is 4.63. The SMILES string of the molecule is CCOC(=O)CNC(=O)N(Cc1ccc(C=NN)cc1)OCc1ccccc1. The number of benzene rings is 2. The number of rotatable bonds is 9. The van der Waals surface area contributed by atoms with Crippen LogP contribution in [0.1, 0.15) is 23.6 Å². The number of esters is 1. The predicted octanol–water partition coefficient (Wildman–Crippen LogP) is 2.19. The first-order valence-electron chi connectivity index (χ1n) is 8.82. The van der Waals surface area contributed by atoms with Gasteiger partial charge in [-0.25, -0.2) is 4.79 Å². The van der Waals surface area contributed by atoms with Crippen molar-refractivity contribution in [3.8, 4) is 0 Å². The van der Waals surface area contributed by atoms with Crippen LogP contribution in [0.15, 0.2) is 59.7 Å². The van der Waals surface area contributed by atoms with E-state index in [-0.39, 0.29) is 26.3 Å². The van der Waals surface area contributed by atoms with Gasteiger partial charge in [0.1, 0.15) is 13.2 Å². The van der Waals surface area contributed by atoms with E-state index in [0.717, 1.165) is 16.7 Å². The summed E-state index contributed by atoms with van der Waals surface area (Å²) in [6.45, 7) is 2.13. The number of hydrogen-bond acceptors (Lipinski definition) is 6. The van der Waals surface area contributed by atoms with Gasteiger partial charge in [-0.15, -0.1) is 0 Å². The number of urea groups is 1. The van der Waals surface area contributed by atoms with Gasteiger partial charge in [-0.1, -0.05) is 54.6 Å². The van der Waals surface area contributed by atoms with Crippen molar-refractivity contribution < 1.29 is 19.2 Å². The lowest BCUT2D eigenvalue weighted by molar-refractivity contribution is -0.144. The summed E-state index contributed by atoms with van der Waals surface area (Å²) in [4.78, 5) is 29.7. The molecule has 0 unspecified atom stereocenters. The van der Waals surface area contributed by atoms with Crippen molar-refractivity contribution in [1.29, 1.82) is 0 Å². The van der Waals surface area contributed by atoms with E-state index in [0.29, 0.717) is 0 Å². The number of carbonyl (C=O) groups is 2. The highest BCUT2D eigenvalue weighted by atomic mass is 16.7. The fraction of sp³-hybridized carbons (Fsp3) is 0.250. The van der Waals surface area contributed by atoms with Crippen LogP contribution in [0.3, 0.4) is 0 Å². The molecule has 8 heteroatoms. The van der Waals surface area contributed by atoms with E-state index in [1.807, 2.05) is 54.6 Å². The Balaban J connectivity index is 2.03. The number of nitrogens with one attached hydrogen (secondary N) is 1. The highest BCUT2D eigenvalue weighted by Gasteiger charge is 2.17. The third-order valence-electron chi connectivity index (χ3n) is 3.68. The minimum absolute atomic E-state index is 0.196. The summed E-state index contributed by atoms with van der Waals surface area (Å²) < 4.78 is 4.82. The number of amides is 2. The van der Waals surface area contributed by atoms with Crippen LogP contribution in [-0.2, 0) is 27.5 Å². The van der Waals surface area contributed by atoms with Crippen molar-refractivity contribution >= 4 is 18.2 Å². The van der Waals surface area contributed by atoms with Crippen LogP contribution >= 0.6 is 0 Å². The molecule has 2 aromatic rings. The van der Waals surface area contributed by atoms with E-state index in [9.17, 15) is 9.59 Å². The second kappa shape index (κ2) is 11.3. The Bertz CT molecular complexity index is 779. The number of hydroxylamine groups is 2. The Morgan fingerprint density at radius 1 is 1.11 bits per heavy atom. The predicted molar refractivity (Wildman–Crippen MR) is 105 cm³/mol. The number of hydrogen-bond donors (Lipinski definition) is 2. The largest absolute Gasteiger partial charge is 0.465 e. The topological polar surface area (TPSA) is 106 Å². The van der Waals surface area contributed by atoms with Gasteiger partial charge in [0.25, 0.3) is 0 Å². The summed E-state index contributed by atoms with van der Waals surface area (Å²) >= 11 is 0. The fourth-order valence-corrected chi connectivity index (χ4v) is 2.31. The number of carbonyl (C=O) groups excluding carboxylic acids is 2. The molecule has 0 radical (unpaired) electrons. The van der Waals surface area contributed by atoms with E-state index < -0.39 is 12.0 Å². The fourth-order valence-electron chi connectivity index (χ4n) is 2.31. The van der Waals surface area contributed by atoms with Gasteiger partial charge >= 0.3 is 12.0 Å². The van der Waals surface area contributed by atoms with Crippen LogP contribution < -0.4 is 11.2 Å². The molecule has 0 aliphatic carbocycles. The molecule has 0 spiro atoms. The summed E-state index contributed by atoms with van der Waals surface area (Å²) in [7, 11) is 0. The molecule has 0 fully saturated rings. The van der Waals surface area contributed by atoms with Gasteiger partial charge in [-0.05, 0) is 23.6 Å². The Morgan fingerprint density at radius 3 is 2.46 bits per heavy atom. The molecule has 0 atom stereocenters. The van der Waals surface area contributed by atoms with Crippen molar-refractivity contribution in [3.63, 3.8) is 0 Å². The molecule has 3 N–H and O–H groups in total. The van der Waals surface area contributed by atoms with E-state index in [2.05, 4.69) is 10.4 Å². The molecule has 0 aliphatic heterocycles. The molecule has 0 aromatic heterocycles. The lowest BCUT2D eigenvalue weighted by atomic mass is 10.1. The van der Waals surface area contributed by atoms with Crippen molar-refractivity contribution in [1.82, 2.24) is 10.4 Å².